The van der Waals surface area contributed by atoms with E-state index in [2.05, 4.69) is 11.0 Å². The number of hydrogen-bond donors (Lipinski definition) is 0. The minimum absolute atomic E-state index is 0.120. The predicted molar refractivity (Wildman–Crippen MR) is 110 cm³/mol. The molecule has 1 aliphatic carbocycles. The van der Waals surface area contributed by atoms with Crippen molar-refractivity contribution in [1.29, 1.82) is 0 Å². The van der Waals surface area contributed by atoms with Crippen LogP contribution >= 0.6 is 11.8 Å². The van der Waals surface area contributed by atoms with Gasteiger partial charge in [0.05, 0.1) is 24.5 Å². The van der Waals surface area contributed by atoms with Crippen molar-refractivity contribution in [2.45, 2.75) is 75.2 Å². The van der Waals surface area contributed by atoms with Gasteiger partial charge < -0.3 is 14.5 Å². The molecule has 5 aliphatic rings. The molecule has 0 N–H and O–H groups in total. The highest BCUT2D eigenvalue weighted by atomic mass is 32.2. The number of fused-ring (bicyclic) bond motifs is 1. The minimum atomic E-state index is -0.558. The van der Waals surface area contributed by atoms with E-state index in [9.17, 15) is 9.59 Å². The lowest BCUT2D eigenvalue weighted by Crippen LogP contribution is -2.49. The van der Waals surface area contributed by atoms with E-state index >= 15 is 0 Å². The Labute approximate surface area is 172 Å². The first-order valence-electron chi connectivity index (χ1n) is 11.1. The molecule has 0 aromatic carbocycles. The van der Waals surface area contributed by atoms with Crippen LogP contribution < -0.4 is 0 Å². The summed E-state index contributed by atoms with van der Waals surface area (Å²) in [6.45, 7) is 0.641. The largest absolute Gasteiger partial charge is 0.360 e. The highest BCUT2D eigenvalue weighted by Gasteiger charge is 2.67. The van der Waals surface area contributed by atoms with Gasteiger partial charge in [-0.05, 0) is 37.2 Å². The fourth-order valence-corrected chi connectivity index (χ4v) is 7.26. The van der Waals surface area contributed by atoms with Gasteiger partial charge in [0, 0.05) is 19.1 Å². The molecule has 3 saturated heterocycles. The fraction of sp³-hybridized carbons (Fsp3) is 0.818. The highest BCUT2D eigenvalue weighted by molar-refractivity contribution is 7.99. The van der Waals surface area contributed by atoms with Gasteiger partial charge in [-0.25, -0.2) is 0 Å². The third-order valence-electron chi connectivity index (χ3n) is 7.77. The van der Waals surface area contributed by atoms with Crippen molar-refractivity contribution >= 4 is 23.6 Å². The smallest absolute Gasteiger partial charge is 0.230 e. The molecule has 0 radical (unpaired) electrons. The van der Waals surface area contributed by atoms with Crippen molar-refractivity contribution in [3.05, 3.63) is 12.2 Å². The summed E-state index contributed by atoms with van der Waals surface area (Å²) in [6, 6.07) is 0.636. The number of thioether (sulfide) groups is 1. The van der Waals surface area contributed by atoms with Crippen LogP contribution in [0.1, 0.15) is 51.4 Å². The maximum absolute atomic E-state index is 13.5. The van der Waals surface area contributed by atoms with Gasteiger partial charge in [0.25, 0.3) is 0 Å². The van der Waals surface area contributed by atoms with Gasteiger partial charge in [0.1, 0.15) is 5.60 Å². The van der Waals surface area contributed by atoms with Crippen LogP contribution in [0.4, 0.5) is 0 Å². The van der Waals surface area contributed by atoms with Crippen molar-refractivity contribution in [2.24, 2.45) is 11.8 Å². The van der Waals surface area contributed by atoms with E-state index in [1.165, 1.54) is 25.7 Å². The molecule has 5 rings (SSSR count). The standard InChI is InChI=1S/C22H32N2O3S/c1-23(15-9-12-28-13-10-15)20(25)18-17-8-11-22(27-17)14-24(21(26)19(18)22)16-6-4-2-3-5-7-16/h8,11,15-19H,2-7,9-10,12-14H2,1H3/t17-,18-,19-,22-/m0/s1. The molecule has 6 heteroatoms. The molecule has 1 saturated carbocycles. The predicted octanol–water partition coefficient (Wildman–Crippen LogP) is 2.85. The van der Waals surface area contributed by atoms with Crippen LogP contribution in [-0.2, 0) is 14.3 Å². The second-order valence-electron chi connectivity index (χ2n) is 9.30. The molecule has 2 bridgehead atoms. The maximum atomic E-state index is 13.5. The number of nitrogens with zero attached hydrogens (tertiary/aromatic N) is 2. The molecular weight excluding hydrogens is 372 g/mol. The second-order valence-corrected chi connectivity index (χ2v) is 10.5. The number of rotatable bonds is 3. The Morgan fingerprint density at radius 1 is 1.18 bits per heavy atom. The van der Waals surface area contributed by atoms with Crippen LogP contribution in [-0.4, -0.2) is 70.5 Å². The van der Waals surface area contributed by atoms with Crippen molar-refractivity contribution < 1.29 is 14.3 Å². The topological polar surface area (TPSA) is 49.9 Å². The molecule has 1 spiro atoms. The molecule has 28 heavy (non-hydrogen) atoms. The first kappa shape index (κ1) is 19.0. The van der Waals surface area contributed by atoms with E-state index in [0.29, 0.717) is 18.6 Å². The zero-order chi connectivity index (χ0) is 19.3. The molecule has 4 atom stereocenters. The normalized spacial score (nSPS) is 38.7. The Kier molecular flexibility index (Phi) is 4.98. The van der Waals surface area contributed by atoms with Gasteiger partial charge in [-0.3, -0.25) is 9.59 Å². The number of carbonyl (C=O) groups excluding carboxylic acids is 2. The summed E-state index contributed by atoms with van der Waals surface area (Å²) in [4.78, 5) is 31.1. The highest BCUT2D eigenvalue weighted by Crippen LogP contribution is 2.53. The van der Waals surface area contributed by atoms with Crippen molar-refractivity contribution in [3.63, 3.8) is 0 Å². The third kappa shape index (κ3) is 2.94. The van der Waals surface area contributed by atoms with Crippen molar-refractivity contribution in [2.75, 3.05) is 25.1 Å². The molecule has 4 aliphatic heterocycles. The van der Waals surface area contributed by atoms with Crippen LogP contribution in [0.3, 0.4) is 0 Å². The summed E-state index contributed by atoms with van der Waals surface area (Å²) in [5.74, 6) is 1.87. The zero-order valence-electron chi connectivity index (χ0n) is 16.8. The Balaban J connectivity index is 1.37. The minimum Gasteiger partial charge on any atom is -0.360 e. The average Bonchev–Trinajstić information content (AvgIpc) is 3.27. The third-order valence-corrected chi connectivity index (χ3v) is 8.82. The molecule has 0 aromatic heterocycles. The summed E-state index contributed by atoms with van der Waals surface area (Å²) in [5, 5.41) is 0. The summed E-state index contributed by atoms with van der Waals surface area (Å²) < 4.78 is 6.35. The van der Waals surface area contributed by atoms with E-state index in [0.717, 1.165) is 37.2 Å². The molecule has 4 fully saturated rings. The number of hydrogen-bond acceptors (Lipinski definition) is 4. The van der Waals surface area contributed by atoms with Gasteiger partial charge in [-0.1, -0.05) is 37.8 Å². The molecule has 2 amide bonds. The Bertz CT molecular complexity index is 669. The van der Waals surface area contributed by atoms with E-state index in [4.69, 9.17) is 4.74 Å². The molecule has 0 aromatic rings. The number of likely N-dealkylation sites (tertiary alicyclic amines) is 1. The summed E-state index contributed by atoms with van der Waals surface area (Å²) >= 11 is 1.97. The quantitative estimate of drug-likeness (QED) is 0.536. The van der Waals surface area contributed by atoms with E-state index in [1.54, 1.807) is 0 Å². The lowest BCUT2D eigenvalue weighted by molar-refractivity contribution is -0.144. The number of carbonyl (C=O) groups is 2. The average molecular weight is 405 g/mol. The first-order valence-corrected chi connectivity index (χ1v) is 12.3. The van der Waals surface area contributed by atoms with Crippen LogP contribution in [0.25, 0.3) is 0 Å². The van der Waals surface area contributed by atoms with Gasteiger partial charge in [0.2, 0.25) is 11.8 Å². The zero-order valence-corrected chi connectivity index (χ0v) is 17.7. The number of ether oxygens (including phenoxy) is 1. The van der Waals surface area contributed by atoms with Crippen LogP contribution in [0.15, 0.2) is 12.2 Å². The first-order chi connectivity index (χ1) is 13.6. The monoisotopic (exact) mass is 404 g/mol. The Hall–Kier alpha value is -1.01. The van der Waals surface area contributed by atoms with Gasteiger partial charge in [-0.15, -0.1) is 0 Å². The van der Waals surface area contributed by atoms with Gasteiger partial charge in [-0.2, -0.15) is 11.8 Å². The molecule has 0 unspecified atom stereocenters. The SMILES string of the molecule is CN(C(=O)[C@H]1[C@@H]2C=C[C@@]3(CN(C4CCCCCC4)C(=O)[C@H]13)O2)C1CCSCC1. The summed E-state index contributed by atoms with van der Waals surface area (Å²) in [6.07, 6.45) is 13.2. The molecular formula is C22H32N2O3S. The van der Waals surface area contributed by atoms with Crippen LogP contribution in [0.5, 0.6) is 0 Å². The van der Waals surface area contributed by atoms with E-state index in [1.807, 2.05) is 29.8 Å². The molecule has 154 valence electrons. The van der Waals surface area contributed by atoms with Gasteiger partial charge >= 0.3 is 0 Å². The van der Waals surface area contributed by atoms with E-state index < -0.39 is 5.60 Å². The summed E-state index contributed by atoms with van der Waals surface area (Å²) in [5.41, 5.74) is -0.558. The van der Waals surface area contributed by atoms with Crippen molar-refractivity contribution in [3.8, 4) is 0 Å². The fourth-order valence-electron chi connectivity index (χ4n) is 6.18. The lowest BCUT2D eigenvalue weighted by Gasteiger charge is -2.35. The Morgan fingerprint density at radius 2 is 1.89 bits per heavy atom. The van der Waals surface area contributed by atoms with Gasteiger partial charge in [0.15, 0.2) is 0 Å². The molecule has 5 nitrogen and oxygen atoms in total. The van der Waals surface area contributed by atoms with Crippen LogP contribution in [0.2, 0.25) is 0 Å². The van der Waals surface area contributed by atoms with E-state index in [-0.39, 0.29) is 29.8 Å². The molecule has 4 heterocycles. The lowest BCUT2D eigenvalue weighted by atomic mass is 9.76. The maximum Gasteiger partial charge on any atom is 0.230 e. The summed E-state index contributed by atoms with van der Waals surface area (Å²) in [7, 11) is 1.94. The Morgan fingerprint density at radius 3 is 2.61 bits per heavy atom. The second kappa shape index (κ2) is 7.35. The number of amides is 2. The van der Waals surface area contributed by atoms with Crippen LogP contribution in [0, 0.1) is 11.8 Å². The van der Waals surface area contributed by atoms with Crippen molar-refractivity contribution in [1.82, 2.24) is 9.80 Å².